The van der Waals surface area contributed by atoms with Gasteiger partial charge in [-0.25, -0.2) is 4.99 Å². The second kappa shape index (κ2) is 8.25. The third-order valence-electron chi connectivity index (χ3n) is 3.65. The van der Waals surface area contributed by atoms with Crippen LogP contribution >= 0.6 is 35.6 Å². The number of guanidine groups is 1. The van der Waals surface area contributed by atoms with E-state index in [0.29, 0.717) is 48.8 Å². The average molecular weight is 454 g/mol. The predicted octanol–water partition coefficient (Wildman–Crippen LogP) is 2.26. The van der Waals surface area contributed by atoms with Gasteiger partial charge in [0.05, 0.1) is 24.3 Å². The van der Waals surface area contributed by atoms with Crippen LogP contribution in [0.5, 0.6) is 11.5 Å². The molecule has 128 valence electrons. The first-order chi connectivity index (χ1) is 10.6. The van der Waals surface area contributed by atoms with Gasteiger partial charge in [-0.1, -0.05) is 11.6 Å². The van der Waals surface area contributed by atoms with Crippen LogP contribution in [0.25, 0.3) is 0 Å². The Morgan fingerprint density at radius 1 is 1.35 bits per heavy atom. The van der Waals surface area contributed by atoms with E-state index >= 15 is 0 Å². The maximum absolute atomic E-state index is 6.22. The molecule has 1 aromatic carbocycles. The second-order valence-electron chi connectivity index (χ2n) is 5.40. The lowest BCUT2D eigenvalue weighted by Gasteiger charge is -2.31. The lowest BCUT2D eigenvalue weighted by atomic mass is 10.2. The third kappa shape index (κ3) is 4.54. The molecule has 1 saturated heterocycles. The fourth-order valence-corrected chi connectivity index (χ4v) is 2.84. The van der Waals surface area contributed by atoms with E-state index < -0.39 is 0 Å². The maximum Gasteiger partial charge on any atom is 0.191 e. The zero-order chi connectivity index (χ0) is 15.5. The molecule has 1 unspecified atom stereocenters. The normalized spacial score (nSPS) is 20.9. The number of hydrogen-bond donors (Lipinski definition) is 1. The number of nitrogens with zero attached hydrogens (tertiary/aromatic N) is 2. The number of halogens is 2. The van der Waals surface area contributed by atoms with Gasteiger partial charge in [-0.15, -0.1) is 24.0 Å². The highest BCUT2D eigenvalue weighted by Crippen LogP contribution is 2.38. The molecule has 0 aliphatic carbocycles. The molecule has 0 saturated carbocycles. The molecule has 8 heteroatoms. The number of fused-ring (bicyclic) bond motifs is 1. The Balaban J connectivity index is 0.00000192. The van der Waals surface area contributed by atoms with Crippen LogP contribution in [0, 0.1) is 0 Å². The second-order valence-corrected chi connectivity index (χ2v) is 5.81. The van der Waals surface area contributed by atoms with Gasteiger partial charge in [-0.05, 0) is 24.6 Å². The van der Waals surface area contributed by atoms with Crippen molar-refractivity contribution >= 4 is 41.5 Å². The van der Waals surface area contributed by atoms with Crippen LogP contribution in [0.15, 0.2) is 17.1 Å². The number of rotatable bonds is 2. The predicted molar refractivity (Wildman–Crippen MR) is 100 cm³/mol. The molecule has 2 aliphatic rings. The van der Waals surface area contributed by atoms with Gasteiger partial charge in [-0.3, -0.25) is 0 Å². The van der Waals surface area contributed by atoms with Crippen LogP contribution in [0.3, 0.4) is 0 Å². The van der Waals surface area contributed by atoms with Crippen LogP contribution in [-0.2, 0) is 11.3 Å². The molecular formula is C15H21ClIN3O3. The summed E-state index contributed by atoms with van der Waals surface area (Å²) in [6.07, 6.45) is 0.172. The number of nitrogens with two attached hydrogens (primary N) is 1. The third-order valence-corrected chi connectivity index (χ3v) is 3.93. The molecule has 0 aromatic heterocycles. The molecule has 0 radical (unpaired) electrons. The summed E-state index contributed by atoms with van der Waals surface area (Å²) in [6, 6.07) is 3.74. The highest BCUT2D eigenvalue weighted by Gasteiger charge is 2.19. The minimum atomic E-state index is 0. The van der Waals surface area contributed by atoms with E-state index in [0.717, 1.165) is 18.7 Å². The molecular weight excluding hydrogens is 433 g/mol. The van der Waals surface area contributed by atoms with E-state index in [4.69, 9.17) is 31.5 Å². The summed E-state index contributed by atoms with van der Waals surface area (Å²) < 4.78 is 16.6. The number of benzene rings is 1. The SMILES string of the molecule is CC1CN(C(N)=NCc2cc(Cl)c3c(c2)OCCO3)CCO1.I. The van der Waals surface area contributed by atoms with Crippen molar-refractivity contribution in [2.45, 2.75) is 19.6 Å². The minimum Gasteiger partial charge on any atom is -0.486 e. The van der Waals surface area contributed by atoms with E-state index in [1.54, 1.807) is 0 Å². The van der Waals surface area contributed by atoms with E-state index in [1.165, 1.54) is 0 Å². The summed E-state index contributed by atoms with van der Waals surface area (Å²) in [5, 5.41) is 0.543. The number of aliphatic imine (C=N–C) groups is 1. The Bertz CT molecular complexity index is 585. The van der Waals surface area contributed by atoms with Gasteiger partial charge in [0.1, 0.15) is 13.2 Å². The number of ether oxygens (including phenoxy) is 3. The van der Waals surface area contributed by atoms with E-state index in [2.05, 4.69) is 4.99 Å². The molecule has 1 aromatic rings. The molecule has 2 N–H and O–H groups in total. The molecule has 2 heterocycles. The monoisotopic (exact) mass is 453 g/mol. The van der Waals surface area contributed by atoms with Gasteiger partial charge in [0.25, 0.3) is 0 Å². The standard InChI is InChI=1S/C15H20ClN3O3.HI/c1-10-9-19(2-3-20-10)15(17)18-8-11-6-12(16)14-13(7-11)21-4-5-22-14;/h6-7,10H,2-5,8-9H2,1H3,(H2,17,18);1H. The Labute approximate surface area is 157 Å². The fourth-order valence-electron chi connectivity index (χ4n) is 2.55. The maximum atomic E-state index is 6.22. The number of morpholine rings is 1. The summed E-state index contributed by atoms with van der Waals surface area (Å²) >= 11 is 6.22. The van der Waals surface area contributed by atoms with Crippen LogP contribution in [0.1, 0.15) is 12.5 Å². The molecule has 1 atom stereocenters. The van der Waals surface area contributed by atoms with E-state index in [9.17, 15) is 0 Å². The first-order valence-electron chi connectivity index (χ1n) is 7.38. The van der Waals surface area contributed by atoms with Gasteiger partial charge in [0.2, 0.25) is 0 Å². The van der Waals surface area contributed by atoms with Crippen molar-refractivity contribution in [2.75, 3.05) is 32.9 Å². The lowest BCUT2D eigenvalue weighted by Crippen LogP contribution is -2.47. The average Bonchev–Trinajstić information content (AvgIpc) is 2.53. The van der Waals surface area contributed by atoms with Gasteiger partial charge in [0, 0.05) is 13.1 Å². The molecule has 0 bridgehead atoms. The Morgan fingerprint density at radius 2 is 2.13 bits per heavy atom. The van der Waals surface area contributed by atoms with Crippen molar-refractivity contribution in [3.05, 3.63) is 22.7 Å². The zero-order valence-corrected chi connectivity index (χ0v) is 16.0. The van der Waals surface area contributed by atoms with Crippen molar-refractivity contribution in [2.24, 2.45) is 10.7 Å². The molecule has 0 spiro atoms. The summed E-state index contributed by atoms with van der Waals surface area (Å²) in [6.45, 7) is 5.73. The lowest BCUT2D eigenvalue weighted by molar-refractivity contribution is 0.00529. The van der Waals surface area contributed by atoms with Gasteiger partial charge >= 0.3 is 0 Å². The van der Waals surface area contributed by atoms with Crippen LogP contribution in [0.2, 0.25) is 5.02 Å². The first kappa shape index (κ1) is 18.4. The van der Waals surface area contributed by atoms with Crippen molar-refractivity contribution in [1.29, 1.82) is 0 Å². The number of hydrogen-bond acceptors (Lipinski definition) is 4. The Hall–Kier alpha value is -0.930. The molecule has 0 amide bonds. The summed E-state index contributed by atoms with van der Waals surface area (Å²) in [7, 11) is 0. The summed E-state index contributed by atoms with van der Waals surface area (Å²) in [5.41, 5.74) is 7.01. The Kier molecular flexibility index (Phi) is 6.60. The molecule has 1 fully saturated rings. The topological polar surface area (TPSA) is 69.3 Å². The highest BCUT2D eigenvalue weighted by molar-refractivity contribution is 14.0. The highest BCUT2D eigenvalue weighted by atomic mass is 127. The first-order valence-corrected chi connectivity index (χ1v) is 7.76. The van der Waals surface area contributed by atoms with Crippen LogP contribution in [-0.4, -0.2) is 49.9 Å². The largest absolute Gasteiger partial charge is 0.486 e. The minimum absolute atomic E-state index is 0. The molecule has 6 nitrogen and oxygen atoms in total. The van der Waals surface area contributed by atoms with Crippen molar-refractivity contribution in [1.82, 2.24) is 4.90 Å². The van der Waals surface area contributed by atoms with Crippen LogP contribution < -0.4 is 15.2 Å². The Morgan fingerprint density at radius 3 is 2.91 bits per heavy atom. The van der Waals surface area contributed by atoms with E-state index in [-0.39, 0.29) is 30.1 Å². The zero-order valence-electron chi connectivity index (χ0n) is 13.0. The summed E-state index contributed by atoms with van der Waals surface area (Å²) in [5.74, 6) is 1.80. The van der Waals surface area contributed by atoms with Gasteiger partial charge < -0.3 is 24.8 Å². The quantitative estimate of drug-likeness (QED) is 0.423. The van der Waals surface area contributed by atoms with Crippen molar-refractivity contribution < 1.29 is 14.2 Å². The van der Waals surface area contributed by atoms with E-state index in [1.807, 2.05) is 24.0 Å². The van der Waals surface area contributed by atoms with Crippen molar-refractivity contribution in [3.8, 4) is 11.5 Å². The molecule has 2 aliphatic heterocycles. The van der Waals surface area contributed by atoms with Crippen LogP contribution in [0.4, 0.5) is 0 Å². The molecule has 23 heavy (non-hydrogen) atoms. The molecule has 3 rings (SSSR count). The van der Waals surface area contributed by atoms with Crippen molar-refractivity contribution in [3.63, 3.8) is 0 Å². The summed E-state index contributed by atoms with van der Waals surface area (Å²) in [4.78, 5) is 6.49. The van der Waals surface area contributed by atoms with Gasteiger partial charge in [0.15, 0.2) is 17.5 Å². The fraction of sp³-hybridized carbons (Fsp3) is 0.533. The van der Waals surface area contributed by atoms with Gasteiger partial charge in [-0.2, -0.15) is 0 Å². The smallest absolute Gasteiger partial charge is 0.191 e.